The number of pyridine rings is 2. The molecule has 0 spiro atoms. The molecule has 4 heterocycles. The van der Waals surface area contributed by atoms with E-state index in [-0.39, 0.29) is 47.7 Å². The number of carbonyl (C=O) groups is 3. The maximum Gasteiger partial charge on any atom is 0.413 e. The number of benzene rings is 2. The first-order valence-electron chi connectivity index (χ1n) is 16.7. The number of fused-ring (bicyclic) bond motifs is 5. The van der Waals surface area contributed by atoms with Gasteiger partial charge >= 0.3 is 18.0 Å². The van der Waals surface area contributed by atoms with E-state index in [2.05, 4.69) is 5.32 Å². The zero-order chi connectivity index (χ0) is 37.7. The summed E-state index contributed by atoms with van der Waals surface area (Å²) in [6, 6.07) is 13.1. The molecule has 2 aromatic carbocycles. The van der Waals surface area contributed by atoms with Crippen molar-refractivity contribution in [2.24, 2.45) is 0 Å². The van der Waals surface area contributed by atoms with E-state index in [9.17, 15) is 34.4 Å². The van der Waals surface area contributed by atoms with E-state index in [0.29, 0.717) is 51.0 Å². The third-order valence-corrected chi connectivity index (χ3v) is 9.10. The molecule has 0 saturated carbocycles. The molecule has 2 N–H and O–H groups in total. The summed E-state index contributed by atoms with van der Waals surface area (Å²) in [6.07, 6.45) is -0.850. The van der Waals surface area contributed by atoms with Crippen molar-refractivity contribution < 1.29 is 43.1 Å². The second-order valence-electron chi connectivity index (χ2n) is 14.7. The van der Waals surface area contributed by atoms with Gasteiger partial charge in [-0.25, -0.2) is 14.6 Å². The standard InChI is InChI=1S/C37H39N5O10/c1-7-37(47)27-15-29-32-22(17-40(29)33(44)26(27)20-50-34(37)45)14-24-25(19-42(5,6)18-21-8-10-23(11-9-21)41(48)49)30(13-12-28(24)39-32)51-35(46)38-16-31(43)52-36(2,3)4/h8-15,47H,7,16-20H2,1-6H3/p+1. The molecule has 52 heavy (non-hydrogen) atoms. The molecular weight excluding hydrogens is 674 g/mol. The third-order valence-electron chi connectivity index (χ3n) is 9.10. The molecule has 1 unspecified atom stereocenters. The van der Waals surface area contributed by atoms with Crippen molar-refractivity contribution in [3.05, 3.63) is 96.8 Å². The number of cyclic esters (lactones) is 1. The van der Waals surface area contributed by atoms with Gasteiger partial charge in [0, 0.05) is 34.2 Å². The summed E-state index contributed by atoms with van der Waals surface area (Å²) in [6.45, 7) is 7.08. The zero-order valence-corrected chi connectivity index (χ0v) is 29.8. The highest BCUT2D eigenvalue weighted by Crippen LogP contribution is 2.40. The van der Waals surface area contributed by atoms with Gasteiger partial charge in [0.1, 0.15) is 37.6 Å². The molecule has 0 bridgehead atoms. The summed E-state index contributed by atoms with van der Waals surface area (Å²) in [5.41, 5.74) is 1.00. The Bertz CT molecular complexity index is 2200. The normalized spacial score (nSPS) is 16.4. The second-order valence-corrected chi connectivity index (χ2v) is 14.7. The van der Waals surface area contributed by atoms with Gasteiger partial charge in [0.15, 0.2) is 5.60 Å². The lowest BCUT2D eigenvalue weighted by Crippen LogP contribution is -2.44. The van der Waals surface area contributed by atoms with E-state index in [1.54, 1.807) is 62.6 Å². The molecule has 272 valence electrons. The Balaban J connectivity index is 1.39. The van der Waals surface area contributed by atoms with Gasteiger partial charge in [0.2, 0.25) is 0 Å². The minimum atomic E-state index is -1.96. The summed E-state index contributed by atoms with van der Waals surface area (Å²) < 4.78 is 18.1. The first-order valence-corrected chi connectivity index (χ1v) is 16.7. The highest BCUT2D eigenvalue weighted by molar-refractivity contribution is 5.90. The van der Waals surface area contributed by atoms with Gasteiger partial charge < -0.3 is 33.7 Å². The van der Waals surface area contributed by atoms with Crippen LogP contribution in [0.15, 0.2) is 53.3 Å². The smallest absolute Gasteiger partial charge is 0.413 e. The molecular formula is C37H40N5O10+. The maximum absolute atomic E-state index is 13.7. The van der Waals surface area contributed by atoms with Crippen LogP contribution in [0.2, 0.25) is 0 Å². The fourth-order valence-electron chi connectivity index (χ4n) is 6.71. The Morgan fingerprint density at radius 1 is 1.12 bits per heavy atom. The SMILES string of the molecule is CCC1(O)C(=O)OCc2c1cc1n(c2=O)Cc2cc3c(C[N+](C)(C)Cc4ccc([N+](=O)[O-])cc4)c(OC(=O)NCC(=O)OC(C)(C)C)ccc3nc2-1. The van der Waals surface area contributed by atoms with Crippen LogP contribution in [-0.2, 0) is 50.9 Å². The predicted octanol–water partition coefficient (Wildman–Crippen LogP) is 4.19. The van der Waals surface area contributed by atoms with E-state index < -0.39 is 40.7 Å². The van der Waals surface area contributed by atoms with Gasteiger partial charge in [-0.3, -0.25) is 19.7 Å². The molecule has 2 aliphatic heterocycles. The molecule has 1 atom stereocenters. The average Bonchev–Trinajstić information content (AvgIpc) is 3.43. The number of nitrogens with zero attached hydrogens (tertiary/aromatic N) is 4. The lowest BCUT2D eigenvalue weighted by Gasteiger charge is -2.31. The molecule has 2 aliphatic rings. The minimum Gasteiger partial charge on any atom is -0.459 e. The summed E-state index contributed by atoms with van der Waals surface area (Å²) in [4.78, 5) is 67.3. The molecule has 15 nitrogen and oxygen atoms in total. The summed E-state index contributed by atoms with van der Waals surface area (Å²) >= 11 is 0. The van der Waals surface area contributed by atoms with Crippen LogP contribution in [0.3, 0.4) is 0 Å². The molecule has 0 aliphatic carbocycles. The maximum atomic E-state index is 13.7. The summed E-state index contributed by atoms with van der Waals surface area (Å²) in [5.74, 6) is -1.22. The molecule has 1 amide bonds. The number of aliphatic hydroxyl groups is 1. The van der Waals surface area contributed by atoms with Crippen LogP contribution < -0.4 is 15.6 Å². The Hall–Kier alpha value is -5.67. The van der Waals surface area contributed by atoms with Crippen molar-refractivity contribution in [3.63, 3.8) is 0 Å². The lowest BCUT2D eigenvalue weighted by molar-refractivity contribution is -0.916. The van der Waals surface area contributed by atoms with Crippen LogP contribution in [0.25, 0.3) is 22.3 Å². The quantitative estimate of drug-likeness (QED) is 0.0964. The number of non-ortho nitro benzene ring substituents is 1. The van der Waals surface area contributed by atoms with Crippen LogP contribution in [0.4, 0.5) is 10.5 Å². The minimum absolute atomic E-state index is 0.0180. The fraction of sp³-hybridized carbons (Fsp3) is 0.378. The number of rotatable bonds is 9. The number of quaternary nitrogens is 1. The van der Waals surface area contributed by atoms with Crippen molar-refractivity contribution in [1.82, 2.24) is 14.9 Å². The summed E-state index contributed by atoms with van der Waals surface area (Å²) in [5, 5.41) is 25.5. The number of hydrogen-bond donors (Lipinski definition) is 2. The Labute approximate surface area is 298 Å². The van der Waals surface area contributed by atoms with E-state index in [1.807, 2.05) is 20.2 Å². The molecule has 0 fully saturated rings. The van der Waals surface area contributed by atoms with Crippen molar-refractivity contribution in [2.45, 2.75) is 71.6 Å². The Morgan fingerprint density at radius 2 is 1.83 bits per heavy atom. The highest BCUT2D eigenvalue weighted by Gasteiger charge is 2.45. The third kappa shape index (κ3) is 6.96. The number of nitrogens with one attached hydrogen (secondary N) is 1. The highest BCUT2D eigenvalue weighted by atomic mass is 16.6. The Kier molecular flexibility index (Phi) is 9.13. The van der Waals surface area contributed by atoms with Crippen LogP contribution in [0.5, 0.6) is 5.75 Å². The molecule has 6 rings (SSSR count). The first-order chi connectivity index (χ1) is 24.4. The first kappa shape index (κ1) is 36.1. The van der Waals surface area contributed by atoms with Gasteiger partial charge in [-0.05, 0) is 63.6 Å². The molecule has 15 heteroatoms. The van der Waals surface area contributed by atoms with Crippen LogP contribution in [0, 0.1) is 10.1 Å². The predicted molar refractivity (Wildman–Crippen MR) is 187 cm³/mol. The van der Waals surface area contributed by atoms with Gasteiger partial charge in [-0.1, -0.05) is 6.92 Å². The van der Waals surface area contributed by atoms with Crippen LogP contribution in [-0.4, -0.2) is 68.3 Å². The fourth-order valence-corrected chi connectivity index (χ4v) is 6.71. The van der Waals surface area contributed by atoms with E-state index in [4.69, 9.17) is 19.2 Å². The number of nitro groups is 1. The van der Waals surface area contributed by atoms with E-state index >= 15 is 0 Å². The Morgan fingerprint density at radius 3 is 2.48 bits per heavy atom. The zero-order valence-electron chi connectivity index (χ0n) is 29.8. The molecule has 0 saturated heterocycles. The number of amides is 1. The number of esters is 2. The molecule has 4 aromatic rings. The summed E-state index contributed by atoms with van der Waals surface area (Å²) in [7, 11) is 3.93. The van der Waals surface area contributed by atoms with Gasteiger partial charge in [-0.2, -0.15) is 0 Å². The monoisotopic (exact) mass is 714 g/mol. The van der Waals surface area contributed by atoms with Gasteiger partial charge in [0.25, 0.3) is 11.2 Å². The van der Waals surface area contributed by atoms with Crippen LogP contribution in [0.1, 0.15) is 61.9 Å². The van der Waals surface area contributed by atoms with Crippen molar-refractivity contribution >= 4 is 34.6 Å². The topological polar surface area (TPSA) is 189 Å². The van der Waals surface area contributed by atoms with Crippen molar-refractivity contribution in [2.75, 3.05) is 20.6 Å². The number of aromatic nitrogens is 2. The van der Waals surface area contributed by atoms with Crippen LogP contribution >= 0.6 is 0 Å². The van der Waals surface area contributed by atoms with Crippen molar-refractivity contribution in [3.8, 4) is 17.1 Å². The average molecular weight is 715 g/mol. The number of hydrogen-bond acceptors (Lipinski definition) is 11. The van der Waals surface area contributed by atoms with E-state index in [0.717, 1.165) is 5.56 Å². The number of nitro benzene ring substituents is 1. The van der Waals surface area contributed by atoms with Gasteiger partial charge in [0.05, 0.1) is 53.6 Å². The molecule has 2 aromatic heterocycles. The number of carbonyl (C=O) groups excluding carboxylic acids is 3. The molecule has 0 radical (unpaired) electrons. The second kappa shape index (κ2) is 13.1. The van der Waals surface area contributed by atoms with Crippen molar-refractivity contribution in [1.29, 1.82) is 0 Å². The lowest BCUT2D eigenvalue weighted by atomic mass is 9.86. The number of ether oxygens (including phenoxy) is 3. The largest absolute Gasteiger partial charge is 0.459 e. The van der Waals surface area contributed by atoms with E-state index in [1.165, 1.54) is 12.1 Å². The van der Waals surface area contributed by atoms with Gasteiger partial charge in [-0.15, -0.1) is 0 Å².